The van der Waals surface area contributed by atoms with E-state index in [4.69, 9.17) is 11.5 Å². The van der Waals surface area contributed by atoms with E-state index < -0.39 is 165 Å². The topological polar surface area (TPSA) is 526 Å². The number of guanidine groups is 1. The first-order valence-electron chi connectivity index (χ1n) is 27.1. The van der Waals surface area contributed by atoms with Crippen LogP contribution < -0.4 is 75.3 Å². The fourth-order valence-electron chi connectivity index (χ4n) is 8.17. The first kappa shape index (κ1) is 68.8. The molecule has 0 spiro atoms. The van der Waals surface area contributed by atoms with Crippen LogP contribution in [-0.4, -0.2) is 215 Å². The zero-order chi connectivity index (χ0) is 63.5. The van der Waals surface area contributed by atoms with Crippen LogP contribution in [-0.2, 0) is 70.4 Å². The number of aliphatic carboxylic acids is 1. The fraction of sp³-hybridized carbons (Fsp3) is 0.453. The van der Waals surface area contributed by atoms with Gasteiger partial charge in [-0.15, -0.1) is 0 Å². The van der Waals surface area contributed by atoms with Gasteiger partial charge in [0.15, 0.2) is 5.96 Å². The van der Waals surface area contributed by atoms with Crippen molar-refractivity contribution >= 4 is 98.7 Å². The number of nitrogens with two attached hydrogens (primary N) is 2. The molecule has 86 heavy (non-hydrogen) atoms. The van der Waals surface area contributed by atoms with Gasteiger partial charge in [-0.3, -0.25) is 57.7 Å². The maximum Gasteiger partial charge on any atom is 0.326 e. The molecule has 33 heteroatoms. The molecule has 0 bridgehead atoms. The van der Waals surface area contributed by atoms with Crippen molar-refractivity contribution < 1.29 is 78.0 Å². The first-order valence-corrected chi connectivity index (χ1v) is 27.1. The van der Waals surface area contributed by atoms with E-state index in [1.54, 1.807) is 43.6 Å². The lowest BCUT2D eigenvalue weighted by atomic mass is 10.1. The number of hydrogen-bond donors (Lipinski definition) is 20. The van der Waals surface area contributed by atoms with E-state index in [0.29, 0.717) is 12.1 Å². The highest BCUT2D eigenvalue weighted by molar-refractivity contribution is 5.98. The minimum Gasteiger partial charge on any atom is -0.480 e. The number of aromatic amines is 2. The number of aromatic nitrogens is 2. The molecule has 0 aliphatic carbocycles. The summed E-state index contributed by atoms with van der Waals surface area (Å²) in [4.78, 5) is 164. The monoisotopic (exact) mass is 1210 g/mol. The van der Waals surface area contributed by atoms with Crippen LogP contribution >= 0.6 is 0 Å². The van der Waals surface area contributed by atoms with Crippen molar-refractivity contribution in [3.63, 3.8) is 0 Å². The number of carbonyl (C=O) groups excluding carboxylic acids is 11. The Kier molecular flexibility index (Phi) is 27.8. The van der Waals surface area contributed by atoms with Crippen LogP contribution in [0, 0.1) is 0 Å². The predicted octanol–water partition coefficient (Wildman–Crippen LogP) is -7.57. The Morgan fingerprint density at radius 1 is 0.523 bits per heavy atom. The quantitative estimate of drug-likeness (QED) is 0.0116. The lowest BCUT2D eigenvalue weighted by Gasteiger charge is -2.25. The second kappa shape index (κ2) is 34.8. The number of para-hydroxylation sites is 2. The molecule has 2 heterocycles. The zero-order valence-electron chi connectivity index (χ0n) is 47.4. The van der Waals surface area contributed by atoms with Crippen LogP contribution in [0.1, 0.15) is 44.7 Å². The number of aliphatic hydroxyl groups is 3. The van der Waals surface area contributed by atoms with Crippen molar-refractivity contribution in [3.8, 4) is 0 Å². The molecular weight excluding hydrogens is 1130 g/mol. The third-order valence-corrected chi connectivity index (χ3v) is 12.7. The maximum absolute atomic E-state index is 13.5. The Balaban J connectivity index is 1.22. The number of nitrogens with zero attached hydrogens (tertiary/aromatic N) is 1. The van der Waals surface area contributed by atoms with Crippen LogP contribution in [0.3, 0.4) is 0 Å². The molecule has 0 unspecified atom stereocenters. The largest absolute Gasteiger partial charge is 0.480 e. The molecule has 11 amide bonds. The average Bonchev–Trinajstić information content (AvgIpc) is 3.92. The highest BCUT2D eigenvalue weighted by atomic mass is 16.4. The number of aliphatic hydroxyl groups excluding tert-OH is 3. The van der Waals surface area contributed by atoms with Crippen LogP contribution in [0.2, 0.25) is 0 Å². The van der Waals surface area contributed by atoms with Crippen molar-refractivity contribution in [1.82, 2.24) is 73.8 Å². The second-order valence-electron chi connectivity index (χ2n) is 19.5. The number of H-pyrrole nitrogens is 2. The highest BCUT2D eigenvalue weighted by Gasteiger charge is 2.32. The van der Waals surface area contributed by atoms with Gasteiger partial charge < -0.3 is 106 Å². The van der Waals surface area contributed by atoms with Gasteiger partial charge in [-0.25, -0.2) is 4.79 Å². The third kappa shape index (κ3) is 22.8. The summed E-state index contributed by atoms with van der Waals surface area (Å²) >= 11 is 0. The number of fused-ring (bicyclic) bond motifs is 2. The number of hydrogen-bond acceptors (Lipinski definition) is 17. The zero-order valence-corrected chi connectivity index (χ0v) is 47.4. The Hall–Kier alpha value is -9.73. The number of nitrogens with one attached hydrogen (secondary N) is 14. The molecule has 0 aliphatic heterocycles. The number of carboxylic acid groups (broad SMARTS) is 1. The van der Waals surface area contributed by atoms with Gasteiger partial charge in [0, 0.05) is 53.7 Å². The Bertz CT molecular complexity index is 3070. The predicted molar refractivity (Wildman–Crippen MR) is 307 cm³/mol. The van der Waals surface area contributed by atoms with Crippen molar-refractivity contribution in [2.75, 3.05) is 59.0 Å². The van der Waals surface area contributed by atoms with Crippen LogP contribution in [0.4, 0.5) is 0 Å². The standard InChI is InChI=1S/C53H75N17O16/c1-4-56-53(55)57-15-9-14-36(67-49(82)38(26-71)68-51(84)46(28(3)73)70-44(79)25-61-39(74)20-63-47(80)33(54)16-29-18-58-34-12-7-5-10-31(29)34)48(81)64-21-40(75)62-24-43(78)69-45(27(2)72)50(83)65-22-41(76)60-23-42(77)66-37(52(85)86)17-30-19-59-35-13-8-6-11-32(30)35/h5-8,10-13,18-19,27-28,33,36-38,45-46,58-59,71-73H,4,9,14-17,20-26,54H2,1-3H3,(H,60,76)(H,61,74)(H,62,75)(H,63,80)(H,64,81)(H,65,83)(H,66,77)(H,67,82)(H,68,84)(H,69,78)(H,70,79)(H,85,86)(H3,55,56,57)/t27-,28-,33+,36+,37+,38+,45+,46+/m1/s1. The number of amides is 11. The molecule has 2 aromatic carbocycles. The molecule has 4 rings (SSSR count). The lowest BCUT2D eigenvalue weighted by Crippen LogP contribution is -2.60. The summed E-state index contributed by atoms with van der Waals surface area (Å²) in [6.07, 6.45) is 0.243. The number of aliphatic imine (C=N–C) groups is 1. The Morgan fingerprint density at radius 3 is 1.45 bits per heavy atom. The van der Waals surface area contributed by atoms with Crippen molar-refractivity contribution in [1.29, 1.82) is 0 Å². The second-order valence-corrected chi connectivity index (χ2v) is 19.5. The summed E-state index contributed by atoms with van der Waals surface area (Å²) in [5.41, 5.74) is 14.9. The summed E-state index contributed by atoms with van der Waals surface area (Å²) in [6.45, 7) is -0.796. The summed E-state index contributed by atoms with van der Waals surface area (Å²) < 4.78 is 0. The van der Waals surface area contributed by atoms with Gasteiger partial charge in [-0.2, -0.15) is 0 Å². The molecule has 8 atom stereocenters. The van der Waals surface area contributed by atoms with Gasteiger partial charge in [0.25, 0.3) is 0 Å². The van der Waals surface area contributed by atoms with E-state index in [1.165, 1.54) is 0 Å². The fourth-order valence-corrected chi connectivity index (χ4v) is 8.17. The lowest BCUT2D eigenvalue weighted by molar-refractivity contribution is -0.141. The van der Waals surface area contributed by atoms with Crippen molar-refractivity contribution in [3.05, 3.63) is 72.1 Å². The van der Waals surface area contributed by atoms with Crippen LogP contribution in [0.25, 0.3) is 21.8 Å². The van der Waals surface area contributed by atoms with Crippen LogP contribution in [0.15, 0.2) is 65.9 Å². The summed E-state index contributed by atoms with van der Waals surface area (Å²) in [5, 5.41) is 69.7. The van der Waals surface area contributed by atoms with Crippen molar-refractivity contribution in [2.45, 2.75) is 94.9 Å². The van der Waals surface area contributed by atoms with Gasteiger partial charge in [-0.05, 0) is 63.3 Å². The summed E-state index contributed by atoms with van der Waals surface area (Å²) in [7, 11) is 0. The smallest absolute Gasteiger partial charge is 0.326 e. The molecular formula is C53H75N17O16. The molecule has 0 saturated carbocycles. The maximum atomic E-state index is 13.5. The first-order chi connectivity index (χ1) is 40.9. The molecule has 0 radical (unpaired) electrons. The molecule has 22 N–H and O–H groups in total. The van der Waals surface area contributed by atoms with Gasteiger partial charge in [0.05, 0.1) is 64.1 Å². The molecule has 33 nitrogen and oxygen atoms in total. The average molecular weight is 1210 g/mol. The van der Waals surface area contributed by atoms with E-state index in [0.717, 1.165) is 41.2 Å². The van der Waals surface area contributed by atoms with Gasteiger partial charge in [0.1, 0.15) is 30.2 Å². The molecule has 0 saturated heterocycles. The highest BCUT2D eigenvalue weighted by Crippen LogP contribution is 2.20. The number of benzene rings is 2. The van der Waals surface area contributed by atoms with Gasteiger partial charge >= 0.3 is 5.97 Å². The SMILES string of the molecule is CCNC(N)=NCCC[C@H](NC(=O)[C@H](CO)NC(=O)[C@@H](NC(=O)CNC(=O)CNC(=O)[C@@H](N)Cc1c[nH]c2ccccc12)[C@@H](C)O)C(=O)NCC(=O)NCC(=O)N[C@H](C(=O)NCC(=O)NCC(=O)N[C@@H](Cc1c[nH]c2ccccc12)C(=O)O)[C@@H](C)O. The number of rotatable bonds is 35. The molecule has 468 valence electrons. The normalized spacial score (nSPS) is 14.0. The minimum absolute atomic E-state index is 0.0435. The van der Waals surface area contributed by atoms with Gasteiger partial charge in [0.2, 0.25) is 65.0 Å². The van der Waals surface area contributed by atoms with Crippen molar-refractivity contribution in [2.24, 2.45) is 16.5 Å². The molecule has 0 fully saturated rings. The number of carboxylic acids is 1. The van der Waals surface area contributed by atoms with Crippen LogP contribution in [0.5, 0.6) is 0 Å². The summed E-state index contributed by atoms with van der Waals surface area (Å²) in [6, 6.07) is 5.52. The molecule has 2 aromatic heterocycles. The van der Waals surface area contributed by atoms with E-state index in [1.807, 2.05) is 24.3 Å². The van der Waals surface area contributed by atoms with E-state index in [2.05, 4.69) is 78.8 Å². The van der Waals surface area contributed by atoms with E-state index in [9.17, 15) is 78.0 Å². The molecule has 0 aliphatic rings. The summed E-state index contributed by atoms with van der Waals surface area (Å²) in [5.74, 6) is -11.7. The Labute approximate surface area is 491 Å². The number of carbonyl (C=O) groups is 12. The third-order valence-electron chi connectivity index (χ3n) is 12.7. The van der Waals surface area contributed by atoms with E-state index in [-0.39, 0.29) is 38.2 Å². The molecule has 4 aromatic rings. The van der Waals surface area contributed by atoms with E-state index >= 15 is 0 Å². The Morgan fingerprint density at radius 2 is 0.965 bits per heavy atom. The minimum atomic E-state index is -1.79. The van der Waals surface area contributed by atoms with Gasteiger partial charge in [-0.1, -0.05) is 36.4 Å².